The maximum absolute atomic E-state index is 3.66. The molecule has 21 heavy (non-hydrogen) atoms. The van der Waals surface area contributed by atoms with Gasteiger partial charge in [-0.15, -0.1) is 0 Å². The van der Waals surface area contributed by atoms with Gasteiger partial charge in [0.05, 0.1) is 0 Å². The van der Waals surface area contributed by atoms with Crippen molar-refractivity contribution in [2.24, 2.45) is 0 Å². The van der Waals surface area contributed by atoms with Crippen LogP contribution in [0.15, 0.2) is 59.3 Å². The molecule has 0 spiro atoms. The number of hydrogen-bond donors (Lipinski definition) is 1. The van der Waals surface area contributed by atoms with Crippen LogP contribution in [0.3, 0.4) is 0 Å². The van der Waals surface area contributed by atoms with Crippen LogP contribution in [-0.4, -0.2) is 6.54 Å². The quantitative estimate of drug-likeness (QED) is 0.617. The SMILES string of the molecule is CC(NCCCc1ccsc1)c1cccc2ccccc12. The van der Waals surface area contributed by atoms with E-state index in [2.05, 4.69) is 71.5 Å². The summed E-state index contributed by atoms with van der Waals surface area (Å²) in [6, 6.07) is 17.8. The van der Waals surface area contributed by atoms with Gasteiger partial charge < -0.3 is 5.32 Å². The second kappa shape index (κ2) is 6.88. The van der Waals surface area contributed by atoms with Gasteiger partial charge in [0.1, 0.15) is 0 Å². The molecule has 2 aromatic carbocycles. The van der Waals surface area contributed by atoms with Crippen molar-refractivity contribution < 1.29 is 0 Å². The van der Waals surface area contributed by atoms with Crippen molar-refractivity contribution in [3.63, 3.8) is 0 Å². The Kier molecular flexibility index (Phi) is 4.69. The Balaban J connectivity index is 1.60. The number of aryl methyl sites for hydroxylation is 1. The third kappa shape index (κ3) is 3.52. The van der Waals surface area contributed by atoms with Gasteiger partial charge in [-0.1, -0.05) is 42.5 Å². The van der Waals surface area contributed by atoms with Crippen LogP contribution in [0.25, 0.3) is 10.8 Å². The van der Waals surface area contributed by atoms with Gasteiger partial charge in [-0.3, -0.25) is 0 Å². The lowest BCUT2D eigenvalue weighted by Crippen LogP contribution is -2.20. The molecule has 3 aromatic rings. The largest absolute Gasteiger partial charge is 0.310 e. The Bertz CT molecular complexity index is 682. The van der Waals surface area contributed by atoms with E-state index >= 15 is 0 Å². The first-order valence-corrected chi connectivity index (χ1v) is 8.51. The minimum Gasteiger partial charge on any atom is -0.310 e. The zero-order chi connectivity index (χ0) is 14.5. The fourth-order valence-corrected chi connectivity index (χ4v) is 3.49. The van der Waals surface area contributed by atoms with Gasteiger partial charge in [0.25, 0.3) is 0 Å². The molecule has 0 bridgehead atoms. The van der Waals surface area contributed by atoms with Crippen LogP contribution in [0.1, 0.15) is 30.5 Å². The van der Waals surface area contributed by atoms with Gasteiger partial charge in [-0.05, 0) is 65.0 Å². The molecule has 2 heteroatoms. The van der Waals surface area contributed by atoms with Gasteiger partial charge in [-0.25, -0.2) is 0 Å². The molecule has 0 aliphatic heterocycles. The number of thiophene rings is 1. The highest BCUT2D eigenvalue weighted by atomic mass is 32.1. The van der Waals surface area contributed by atoms with E-state index in [1.165, 1.54) is 34.7 Å². The topological polar surface area (TPSA) is 12.0 Å². The maximum Gasteiger partial charge on any atom is 0.0297 e. The summed E-state index contributed by atoms with van der Waals surface area (Å²) in [5.74, 6) is 0. The Hall–Kier alpha value is -1.64. The van der Waals surface area contributed by atoms with Crippen molar-refractivity contribution >= 4 is 22.1 Å². The lowest BCUT2D eigenvalue weighted by molar-refractivity contribution is 0.561. The van der Waals surface area contributed by atoms with Crippen LogP contribution in [0.2, 0.25) is 0 Å². The van der Waals surface area contributed by atoms with E-state index in [0.717, 1.165) is 6.54 Å². The van der Waals surface area contributed by atoms with E-state index in [9.17, 15) is 0 Å². The standard InChI is InChI=1S/C19H21NS/c1-15(20-12-5-6-16-11-13-21-14-16)18-10-4-8-17-7-2-3-9-19(17)18/h2-4,7-11,13-15,20H,5-6,12H2,1H3. The summed E-state index contributed by atoms with van der Waals surface area (Å²) in [7, 11) is 0. The van der Waals surface area contributed by atoms with Gasteiger partial charge >= 0.3 is 0 Å². The lowest BCUT2D eigenvalue weighted by atomic mass is 9.99. The molecule has 1 heterocycles. The Morgan fingerprint density at radius 3 is 2.76 bits per heavy atom. The summed E-state index contributed by atoms with van der Waals surface area (Å²) < 4.78 is 0. The first-order chi connectivity index (χ1) is 10.3. The van der Waals surface area contributed by atoms with Crippen molar-refractivity contribution in [3.05, 3.63) is 70.4 Å². The van der Waals surface area contributed by atoms with Crippen molar-refractivity contribution in [2.45, 2.75) is 25.8 Å². The van der Waals surface area contributed by atoms with E-state index < -0.39 is 0 Å². The van der Waals surface area contributed by atoms with Crippen molar-refractivity contribution in [2.75, 3.05) is 6.54 Å². The predicted molar refractivity (Wildman–Crippen MR) is 93.0 cm³/mol. The first kappa shape index (κ1) is 14.3. The minimum absolute atomic E-state index is 0.388. The van der Waals surface area contributed by atoms with E-state index in [4.69, 9.17) is 0 Å². The Morgan fingerprint density at radius 2 is 1.90 bits per heavy atom. The molecule has 0 amide bonds. The Labute approximate surface area is 130 Å². The third-order valence-electron chi connectivity index (χ3n) is 3.96. The average molecular weight is 295 g/mol. The summed E-state index contributed by atoms with van der Waals surface area (Å²) in [5, 5.41) is 10.7. The fraction of sp³-hybridized carbons (Fsp3) is 0.263. The van der Waals surface area contributed by atoms with Crippen molar-refractivity contribution in [1.82, 2.24) is 5.32 Å². The molecule has 0 radical (unpaired) electrons. The second-order valence-electron chi connectivity index (χ2n) is 5.48. The number of benzene rings is 2. The minimum atomic E-state index is 0.388. The molecule has 0 fully saturated rings. The molecule has 1 aromatic heterocycles. The highest BCUT2D eigenvalue weighted by Gasteiger charge is 2.08. The monoisotopic (exact) mass is 295 g/mol. The van der Waals surface area contributed by atoms with Crippen LogP contribution in [0, 0.1) is 0 Å². The van der Waals surface area contributed by atoms with E-state index in [1.807, 2.05) is 0 Å². The highest BCUT2D eigenvalue weighted by molar-refractivity contribution is 7.07. The zero-order valence-electron chi connectivity index (χ0n) is 12.4. The van der Waals surface area contributed by atoms with Crippen molar-refractivity contribution in [1.29, 1.82) is 0 Å². The molecule has 1 atom stereocenters. The number of fused-ring (bicyclic) bond motifs is 1. The van der Waals surface area contributed by atoms with Crippen LogP contribution in [-0.2, 0) is 6.42 Å². The van der Waals surface area contributed by atoms with Crippen LogP contribution in [0.5, 0.6) is 0 Å². The summed E-state index contributed by atoms with van der Waals surface area (Å²) in [4.78, 5) is 0. The van der Waals surface area contributed by atoms with Gasteiger partial charge in [0, 0.05) is 6.04 Å². The molecule has 0 saturated carbocycles. The molecule has 1 N–H and O–H groups in total. The molecule has 108 valence electrons. The normalized spacial score (nSPS) is 12.6. The summed E-state index contributed by atoms with van der Waals surface area (Å²) in [5.41, 5.74) is 2.85. The van der Waals surface area contributed by atoms with Gasteiger partial charge in [-0.2, -0.15) is 11.3 Å². The maximum atomic E-state index is 3.66. The zero-order valence-corrected chi connectivity index (χ0v) is 13.2. The number of hydrogen-bond acceptors (Lipinski definition) is 2. The average Bonchev–Trinajstić information content (AvgIpc) is 3.04. The summed E-state index contributed by atoms with van der Waals surface area (Å²) >= 11 is 1.78. The molecule has 1 nitrogen and oxygen atoms in total. The summed E-state index contributed by atoms with van der Waals surface area (Å²) in [6.45, 7) is 3.31. The van der Waals surface area contributed by atoms with Gasteiger partial charge in [0.15, 0.2) is 0 Å². The van der Waals surface area contributed by atoms with E-state index in [1.54, 1.807) is 11.3 Å². The summed E-state index contributed by atoms with van der Waals surface area (Å²) in [6.07, 6.45) is 2.35. The molecule has 0 aliphatic rings. The molecule has 3 rings (SSSR count). The Morgan fingerprint density at radius 1 is 1.05 bits per heavy atom. The predicted octanol–water partition coefficient (Wildman–Crippen LogP) is 5.18. The number of nitrogens with one attached hydrogen (secondary N) is 1. The fourth-order valence-electron chi connectivity index (χ4n) is 2.78. The van der Waals surface area contributed by atoms with Crippen LogP contribution < -0.4 is 5.32 Å². The molecule has 0 saturated heterocycles. The van der Waals surface area contributed by atoms with Crippen LogP contribution >= 0.6 is 11.3 Å². The van der Waals surface area contributed by atoms with Crippen LogP contribution in [0.4, 0.5) is 0 Å². The van der Waals surface area contributed by atoms with E-state index in [0.29, 0.717) is 6.04 Å². The van der Waals surface area contributed by atoms with E-state index in [-0.39, 0.29) is 0 Å². The molecular weight excluding hydrogens is 274 g/mol. The van der Waals surface area contributed by atoms with Gasteiger partial charge in [0.2, 0.25) is 0 Å². The number of rotatable bonds is 6. The third-order valence-corrected chi connectivity index (χ3v) is 4.69. The molecule has 1 unspecified atom stereocenters. The smallest absolute Gasteiger partial charge is 0.0297 e. The molecule has 0 aliphatic carbocycles. The second-order valence-corrected chi connectivity index (χ2v) is 6.26. The first-order valence-electron chi connectivity index (χ1n) is 7.57. The molecular formula is C19H21NS. The lowest BCUT2D eigenvalue weighted by Gasteiger charge is -2.16. The van der Waals surface area contributed by atoms with Crippen molar-refractivity contribution in [3.8, 4) is 0 Å². The highest BCUT2D eigenvalue weighted by Crippen LogP contribution is 2.23.